The third-order valence-corrected chi connectivity index (χ3v) is 3.24. The fourth-order valence-electron chi connectivity index (χ4n) is 1.39. The molecular formula is C9H12ClN3S. The third kappa shape index (κ3) is 1.60. The molecule has 0 aliphatic heterocycles. The van der Waals surface area contributed by atoms with Gasteiger partial charge >= 0.3 is 0 Å². The number of aromatic nitrogens is 2. The first-order valence-corrected chi connectivity index (χ1v) is 5.66. The zero-order valence-electron chi connectivity index (χ0n) is 8.34. The van der Waals surface area contributed by atoms with E-state index in [9.17, 15) is 0 Å². The summed E-state index contributed by atoms with van der Waals surface area (Å²) in [5.41, 5.74) is 0. The second-order valence-electron chi connectivity index (χ2n) is 3.54. The van der Waals surface area contributed by atoms with Crippen molar-refractivity contribution in [3.05, 3.63) is 10.4 Å². The zero-order chi connectivity index (χ0) is 10.3. The van der Waals surface area contributed by atoms with Crippen LogP contribution in [-0.2, 0) is 7.05 Å². The molecule has 5 heteroatoms. The van der Waals surface area contributed by atoms with Gasteiger partial charge in [0.15, 0.2) is 5.82 Å². The molecule has 0 radical (unpaired) electrons. The maximum absolute atomic E-state index is 5.95. The summed E-state index contributed by atoms with van der Waals surface area (Å²) in [6, 6.07) is 2.34. The van der Waals surface area contributed by atoms with Crippen LogP contribution in [0.25, 0.3) is 10.2 Å². The molecular weight excluding hydrogens is 218 g/mol. The van der Waals surface area contributed by atoms with E-state index in [1.54, 1.807) is 11.3 Å². The van der Waals surface area contributed by atoms with E-state index in [2.05, 4.69) is 24.3 Å². The fourth-order valence-corrected chi connectivity index (χ4v) is 2.52. The van der Waals surface area contributed by atoms with E-state index in [0.29, 0.717) is 6.04 Å². The first-order chi connectivity index (χ1) is 6.58. The summed E-state index contributed by atoms with van der Waals surface area (Å²) in [4.78, 5) is 1.11. The van der Waals surface area contributed by atoms with Crippen LogP contribution in [0.3, 0.4) is 0 Å². The van der Waals surface area contributed by atoms with Crippen LogP contribution in [0.15, 0.2) is 6.07 Å². The molecule has 0 saturated heterocycles. The Morgan fingerprint density at radius 3 is 2.93 bits per heavy atom. The number of rotatable bonds is 2. The third-order valence-electron chi connectivity index (χ3n) is 1.91. The molecule has 0 atom stereocenters. The first kappa shape index (κ1) is 9.80. The molecule has 2 aromatic heterocycles. The van der Waals surface area contributed by atoms with Crippen molar-refractivity contribution in [2.75, 3.05) is 5.32 Å². The smallest absolute Gasteiger partial charge is 0.157 e. The maximum atomic E-state index is 5.95. The lowest BCUT2D eigenvalue weighted by molar-refractivity contribution is 0.791. The van der Waals surface area contributed by atoms with Crippen molar-refractivity contribution < 1.29 is 0 Å². The summed E-state index contributed by atoms with van der Waals surface area (Å²) in [6.07, 6.45) is 0. The number of halogens is 1. The number of nitrogens with one attached hydrogen (secondary N) is 1. The molecule has 0 amide bonds. The fraction of sp³-hybridized carbons (Fsp3) is 0.444. The largest absolute Gasteiger partial charge is 0.366 e. The highest BCUT2D eigenvalue weighted by molar-refractivity contribution is 7.22. The molecule has 0 saturated carbocycles. The first-order valence-electron chi connectivity index (χ1n) is 4.46. The van der Waals surface area contributed by atoms with Crippen LogP contribution >= 0.6 is 22.9 Å². The molecule has 2 aromatic rings. The van der Waals surface area contributed by atoms with Gasteiger partial charge in [0.2, 0.25) is 0 Å². The molecule has 0 unspecified atom stereocenters. The number of hydrogen-bond acceptors (Lipinski definition) is 3. The summed E-state index contributed by atoms with van der Waals surface area (Å²) >= 11 is 7.51. The van der Waals surface area contributed by atoms with Crippen LogP contribution in [0.4, 0.5) is 5.82 Å². The van der Waals surface area contributed by atoms with Gasteiger partial charge in [-0.2, -0.15) is 5.10 Å². The average Bonchev–Trinajstić information content (AvgIpc) is 2.54. The van der Waals surface area contributed by atoms with Crippen LogP contribution < -0.4 is 5.32 Å². The van der Waals surface area contributed by atoms with Gasteiger partial charge in [-0.05, 0) is 19.9 Å². The van der Waals surface area contributed by atoms with E-state index >= 15 is 0 Å². The summed E-state index contributed by atoms with van der Waals surface area (Å²) in [6.45, 7) is 4.18. The van der Waals surface area contributed by atoms with E-state index < -0.39 is 0 Å². The Balaban J connectivity index is 2.53. The quantitative estimate of drug-likeness (QED) is 0.858. The maximum Gasteiger partial charge on any atom is 0.157 e. The van der Waals surface area contributed by atoms with Gasteiger partial charge in [-0.1, -0.05) is 11.6 Å². The minimum atomic E-state index is 0.381. The highest BCUT2D eigenvalue weighted by atomic mass is 35.5. The highest BCUT2D eigenvalue weighted by Gasteiger charge is 2.12. The van der Waals surface area contributed by atoms with Gasteiger partial charge < -0.3 is 5.32 Å². The normalized spacial score (nSPS) is 11.5. The highest BCUT2D eigenvalue weighted by Crippen LogP contribution is 2.33. The van der Waals surface area contributed by atoms with Crippen molar-refractivity contribution in [3.8, 4) is 0 Å². The minimum absolute atomic E-state index is 0.381. The number of hydrogen-bond donors (Lipinski definition) is 1. The van der Waals surface area contributed by atoms with Crippen LogP contribution in [-0.4, -0.2) is 15.8 Å². The molecule has 0 aliphatic rings. The standard InChI is InChI=1S/C9H12ClN3S/c1-5(2)11-8-6-4-7(10)14-9(6)13(3)12-8/h4-5H,1-3H3,(H,11,12). The van der Waals surface area contributed by atoms with E-state index in [1.807, 2.05) is 17.8 Å². The van der Waals surface area contributed by atoms with Gasteiger partial charge in [0.1, 0.15) is 4.83 Å². The number of fused-ring (bicyclic) bond motifs is 1. The van der Waals surface area contributed by atoms with Gasteiger partial charge in [-0.15, -0.1) is 11.3 Å². The lowest BCUT2D eigenvalue weighted by atomic mass is 10.3. The predicted molar refractivity (Wildman–Crippen MR) is 62.4 cm³/mol. The molecule has 76 valence electrons. The van der Waals surface area contributed by atoms with E-state index in [0.717, 1.165) is 20.4 Å². The Kier molecular flexibility index (Phi) is 2.41. The lowest BCUT2D eigenvalue weighted by Crippen LogP contribution is -2.10. The number of aryl methyl sites for hydroxylation is 1. The van der Waals surface area contributed by atoms with Crippen LogP contribution in [0.1, 0.15) is 13.8 Å². The predicted octanol–water partition coefficient (Wildman–Crippen LogP) is 3.11. The average molecular weight is 230 g/mol. The molecule has 1 N–H and O–H groups in total. The topological polar surface area (TPSA) is 29.9 Å². The SMILES string of the molecule is CC(C)Nc1nn(C)c2sc(Cl)cc12. The summed E-state index contributed by atoms with van der Waals surface area (Å²) < 4.78 is 2.66. The summed E-state index contributed by atoms with van der Waals surface area (Å²) in [5.74, 6) is 0.917. The number of thiophene rings is 1. The van der Waals surface area contributed by atoms with Crippen molar-refractivity contribution in [2.24, 2.45) is 7.05 Å². The molecule has 3 nitrogen and oxygen atoms in total. The van der Waals surface area contributed by atoms with Crippen molar-refractivity contribution >= 4 is 39.0 Å². The molecule has 0 fully saturated rings. The molecule has 14 heavy (non-hydrogen) atoms. The van der Waals surface area contributed by atoms with Crippen LogP contribution in [0, 0.1) is 0 Å². The molecule has 2 heterocycles. The van der Waals surface area contributed by atoms with Gasteiger partial charge in [-0.3, -0.25) is 4.68 Å². The van der Waals surface area contributed by atoms with E-state index in [4.69, 9.17) is 11.6 Å². The van der Waals surface area contributed by atoms with Crippen LogP contribution in [0.5, 0.6) is 0 Å². The Bertz CT molecular complexity index is 458. The monoisotopic (exact) mass is 229 g/mol. The van der Waals surface area contributed by atoms with Gasteiger partial charge in [-0.25, -0.2) is 0 Å². The Morgan fingerprint density at radius 1 is 1.57 bits per heavy atom. The van der Waals surface area contributed by atoms with Gasteiger partial charge in [0, 0.05) is 13.1 Å². The summed E-state index contributed by atoms with van der Waals surface area (Å²) in [5, 5.41) is 8.79. The van der Waals surface area contributed by atoms with Crippen molar-refractivity contribution in [3.63, 3.8) is 0 Å². The zero-order valence-corrected chi connectivity index (χ0v) is 9.91. The van der Waals surface area contributed by atoms with Crippen molar-refractivity contribution in [1.29, 1.82) is 0 Å². The number of anilines is 1. The molecule has 0 spiro atoms. The molecule has 0 bridgehead atoms. The van der Waals surface area contributed by atoms with E-state index in [1.165, 1.54) is 0 Å². The summed E-state index contributed by atoms with van der Waals surface area (Å²) in [7, 11) is 1.93. The second kappa shape index (κ2) is 3.44. The second-order valence-corrected chi connectivity index (χ2v) is 5.20. The van der Waals surface area contributed by atoms with Crippen LogP contribution in [0.2, 0.25) is 4.34 Å². The van der Waals surface area contributed by atoms with Crippen molar-refractivity contribution in [2.45, 2.75) is 19.9 Å². The van der Waals surface area contributed by atoms with Gasteiger partial charge in [0.05, 0.1) is 9.72 Å². The Morgan fingerprint density at radius 2 is 2.29 bits per heavy atom. The van der Waals surface area contributed by atoms with Gasteiger partial charge in [0.25, 0.3) is 0 Å². The molecule has 0 aliphatic carbocycles. The lowest BCUT2D eigenvalue weighted by Gasteiger charge is -2.05. The Labute approximate surface area is 91.7 Å². The Hall–Kier alpha value is -0.740. The molecule has 2 rings (SSSR count). The minimum Gasteiger partial charge on any atom is -0.366 e. The van der Waals surface area contributed by atoms with Crippen molar-refractivity contribution in [1.82, 2.24) is 9.78 Å². The number of nitrogens with zero attached hydrogens (tertiary/aromatic N) is 2. The molecule has 0 aromatic carbocycles. The van der Waals surface area contributed by atoms with E-state index in [-0.39, 0.29) is 0 Å².